The minimum Gasteiger partial charge on any atom is -0.485 e. The quantitative estimate of drug-likeness (QED) is 0.440. The van der Waals surface area contributed by atoms with Gasteiger partial charge < -0.3 is 15.9 Å². The maximum absolute atomic E-state index is 12.6. The molecule has 1 atom stereocenters. The molecule has 0 bridgehead atoms. The summed E-state index contributed by atoms with van der Waals surface area (Å²) in [5.74, 6) is 7.28. The molecule has 0 saturated heterocycles. The van der Waals surface area contributed by atoms with Crippen LogP contribution in [0.2, 0.25) is 0 Å². The average Bonchev–Trinajstić information content (AvgIpc) is 3.03. The predicted octanol–water partition coefficient (Wildman–Crippen LogP) is 3.92. The second kappa shape index (κ2) is 9.21. The predicted molar refractivity (Wildman–Crippen MR) is 120 cm³/mol. The molecule has 0 fully saturated rings. The summed E-state index contributed by atoms with van der Waals surface area (Å²) in [4.78, 5) is 12.6. The van der Waals surface area contributed by atoms with E-state index >= 15 is 0 Å². The van der Waals surface area contributed by atoms with E-state index < -0.39 is 5.25 Å². The number of hydrogen-bond acceptors (Lipinski definition) is 6. The lowest BCUT2D eigenvalue weighted by Gasteiger charge is -2.14. The average molecular weight is 426 g/mol. The fourth-order valence-electron chi connectivity index (χ4n) is 2.91. The number of nitrogens with zero attached hydrogens (tertiary/aromatic N) is 3. The molecule has 158 valence electrons. The van der Waals surface area contributed by atoms with Gasteiger partial charge in [0.1, 0.15) is 12.4 Å². The zero-order valence-electron chi connectivity index (χ0n) is 17.9. The molecule has 0 aliphatic rings. The number of benzene rings is 2. The van der Waals surface area contributed by atoms with Gasteiger partial charge in [-0.05, 0) is 63.4 Å². The molecule has 1 amide bonds. The molecule has 3 N–H and O–H groups in total. The molecule has 1 heterocycles. The fourth-order valence-corrected chi connectivity index (χ4v) is 3.70. The number of anilines is 1. The molecule has 0 unspecified atom stereocenters. The highest BCUT2D eigenvalue weighted by atomic mass is 32.2. The number of amides is 1. The molecule has 1 aromatic heterocycles. The van der Waals surface area contributed by atoms with E-state index in [0.29, 0.717) is 11.0 Å². The number of rotatable bonds is 7. The summed E-state index contributed by atoms with van der Waals surface area (Å²) in [6.45, 7) is 9.99. The first kappa shape index (κ1) is 21.7. The van der Waals surface area contributed by atoms with Crippen molar-refractivity contribution < 1.29 is 9.53 Å². The van der Waals surface area contributed by atoms with Gasteiger partial charge >= 0.3 is 0 Å². The van der Waals surface area contributed by atoms with Crippen molar-refractivity contribution in [3.8, 4) is 5.75 Å². The second-order valence-corrected chi connectivity index (χ2v) is 8.70. The van der Waals surface area contributed by atoms with Crippen LogP contribution in [-0.4, -0.2) is 26.0 Å². The Labute approximate surface area is 181 Å². The highest BCUT2D eigenvalue weighted by Crippen LogP contribution is 2.24. The maximum atomic E-state index is 12.6. The Morgan fingerprint density at radius 1 is 1.10 bits per heavy atom. The minimum atomic E-state index is -0.399. The van der Waals surface area contributed by atoms with Crippen LogP contribution in [0.5, 0.6) is 5.75 Å². The number of ether oxygens (including phenoxy) is 1. The van der Waals surface area contributed by atoms with E-state index in [9.17, 15) is 4.79 Å². The first-order valence-electron chi connectivity index (χ1n) is 9.69. The number of nitrogen functional groups attached to an aromatic ring is 1. The van der Waals surface area contributed by atoms with Gasteiger partial charge in [-0.25, -0.2) is 4.68 Å². The van der Waals surface area contributed by atoms with Gasteiger partial charge in [0.05, 0.1) is 5.25 Å². The summed E-state index contributed by atoms with van der Waals surface area (Å²) in [5.41, 5.74) is 5.13. The van der Waals surface area contributed by atoms with E-state index in [-0.39, 0.29) is 12.5 Å². The van der Waals surface area contributed by atoms with Crippen molar-refractivity contribution in [1.82, 2.24) is 14.9 Å². The van der Waals surface area contributed by atoms with Gasteiger partial charge in [-0.2, -0.15) is 0 Å². The Kier molecular flexibility index (Phi) is 6.66. The summed E-state index contributed by atoms with van der Waals surface area (Å²) >= 11 is 1.25. The van der Waals surface area contributed by atoms with Crippen LogP contribution >= 0.6 is 11.8 Å². The van der Waals surface area contributed by atoms with E-state index in [1.807, 2.05) is 65.0 Å². The molecule has 0 spiro atoms. The van der Waals surface area contributed by atoms with E-state index in [4.69, 9.17) is 10.6 Å². The molecule has 0 aliphatic heterocycles. The molecule has 7 nitrogen and oxygen atoms in total. The highest BCUT2D eigenvalue weighted by molar-refractivity contribution is 8.00. The van der Waals surface area contributed by atoms with Crippen molar-refractivity contribution in [2.24, 2.45) is 0 Å². The van der Waals surface area contributed by atoms with Gasteiger partial charge in [-0.1, -0.05) is 41.6 Å². The number of hydrogen-bond donors (Lipinski definition) is 2. The van der Waals surface area contributed by atoms with Crippen molar-refractivity contribution in [3.05, 3.63) is 64.5 Å². The summed E-state index contributed by atoms with van der Waals surface area (Å²) < 4.78 is 7.21. The summed E-state index contributed by atoms with van der Waals surface area (Å²) in [6.07, 6.45) is 0. The molecule has 0 aliphatic carbocycles. The first-order chi connectivity index (χ1) is 14.2. The van der Waals surface area contributed by atoms with Gasteiger partial charge in [0.25, 0.3) is 0 Å². The lowest BCUT2D eigenvalue weighted by atomic mass is 10.1. The van der Waals surface area contributed by atoms with Crippen molar-refractivity contribution in [2.45, 2.75) is 51.6 Å². The molecule has 8 heteroatoms. The third-order valence-corrected chi connectivity index (χ3v) is 5.78. The molecule has 0 saturated carbocycles. The molecular formula is C22H27N5O2S. The first-order valence-corrected chi connectivity index (χ1v) is 10.6. The number of nitrogens with two attached hydrogens (primary N) is 1. The number of carbonyl (C=O) groups is 1. The third-order valence-electron chi connectivity index (χ3n) is 4.72. The Hall–Kier alpha value is -3.00. The van der Waals surface area contributed by atoms with Crippen LogP contribution in [0.1, 0.15) is 35.0 Å². The van der Waals surface area contributed by atoms with Gasteiger partial charge in [0.2, 0.25) is 11.1 Å². The van der Waals surface area contributed by atoms with Crippen molar-refractivity contribution in [3.63, 3.8) is 0 Å². The Balaban J connectivity index is 1.62. The molecular weight excluding hydrogens is 398 g/mol. The van der Waals surface area contributed by atoms with Crippen LogP contribution in [0.3, 0.4) is 0 Å². The number of carbonyl (C=O) groups excluding carboxylic acids is 1. The summed E-state index contributed by atoms with van der Waals surface area (Å²) in [6, 6.07) is 11.9. The fraction of sp³-hybridized carbons (Fsp3) is 0.318. The van der Waals surface area contributed by atoms with E-state index in [1.165, 1.54) is 22.0 Å². The van der Waals surface area contributed by atoms with E-state index in [1.54, 1.807) is 0 Å². The Morgan fingerprint density at radius 2 is 1.80 bits per heavy atom. The van der Waals surface area contributed by atoms with Gasteiger partial charge in [-0.15, -0.1) is 10.2 Å². The van der Waals surface area contributed by atoms with Crippen LogP contribution in [0.15, 0.2) is 41.6 Å². The summed E-state index contributed by atoms with van der Waals surface area (Å²) in [5, 5.41) is 11.3. The van der Waals surface area contributed by atoms with Crippen LogP contribution in [-0.2, 0) is 11.4 Å². The smallest absolute Gasteiger partial charge is 0.237 e. The number of nitrogens with one attached hydrogen (secondary N) is 1. The molecule has 2 aromatic carbocycles. The van der Waals surface area contributed by atoms with Gasteiger partial charge in [0.15, 0.2) is 5.82 Å². The second-order valence-electron chi connectivity index (χ2n) is 7.39. The topological polar surface area (TPSA) is 95.1 Å². The standard InChI is InChI=1S/C22H27N5O2S/c1-13-7-9-19(16(4)10-13)29-12-20-25-26-22(27(20)23)30-17(5)21(28)24-18-11-14(2)6-8-15(18)3/h6-11,17H,12,23H2,1-5H3,(H,24,28)/t17-/m0/s1. The third kappa shape index (κ3) is 5.13. The maximum Gasteiger partial charge on any atom is 0.237 e. The number of thioether (sulfide) groups is 1. The Bertz CT molecular complexity index is 1060. The van der Waals surface area contributed by atoms with E-state index in [2.05, 4.69) is 21.6 Å². The van der Waals surface area contributed by atoms with Gasteiger partial charge in [0, 0.05) is 5.69 Å². The van der Waals surface area contributed by atoms with Crippen LogP contribution in [0, 0.1) is 27.7 Å². The monoisotopic (exact) mass is 425 g/mol. The van der Waals surface area contributed by atoms with Crippen molar-refractivity contribution in [1.29, 1.82) is 0 Å². The van der Waals surface area contributed by atoms with Gasteiger partial charge in [-0.3, -0.25) is 4.79 Å². The van der Waals surface area contributed by atoms with Crippen LogP contribution in [0.25, 0.3) is 0 Å². The van der Waals surface area contributed by atoms with Crippen molar-refractivity contribution in [2.75, 3.05) is 11.2 Å². The number of aryl methyl sites for hydroxylation is 4. The molecule has 0 radical (unpaired) electrons. The van der Waals surface area contributed by atoms with Crippen LogP contribution < -0.4 is 15.9 Å². The van der Waals surface area contributed by atoms with E-state index in [0.717, 1.165) is 28.1 Å². The normalized spacial score (nSPS) is 11.9. The zero-order chi connectivity index (χ0) is 21.8. The Morgan fingerprint density at radius 3 is 2.53 bits per heavy atom. The lowest BCUT2D eigenvalue weighted by Crippen LogP contribution is -2.24. The SMILES string of the molecule is Cc1ccc(OCc2nnc(S[C@@H](C)C(=O)Nc3cc(C)ccc3C)n2N)c(C)c1. The minimum absolute atomic E-state index is 0.121. The summed E-state index contributed by atoms with van der Waals surface area (Å²) in [7, 11) is 0. The van der Waals surface area contributed by atoms with Crippen LogP contribution in [0.4, 0.5) is 5.69 Å². The lowest BCUT2D eigenvalue weighted by molar-refractivity contribution is -0.115. The molecule has 3 rings (SSSR count). The number of aromatic nitrogens is 3. The molecule has 30 heavy (non-hydrogen) atoms. The highest BCUT2D eigenvalue weighted by Gasteiger charge is 2.20. The zero-order valence-corrected chi connectivity index (χ0v) is 18.7. The van der Waals surface area contributed by atoms with Crippen molar-refractivity contribution >= 4 is 23.4 Å². The molecule has 3 aromatic rings. The largest absolute Gasteiger partial charge is 0.485 e.